The quantitative estimate of drug-likeness (QED) is 0.844. The van der Waals surface area contributed by atoms with Gasteiger partial charge in [-0.1, -0.05) is 45.7 Å². The van der Waals surface area contributed by atoms with Crippen molar-refractivity contribution in [3.8, 4) is 0 Å². The standard InChI is InChI=1S/C17H28N2/c1-12-9-10-13(17(2,3)4)11-16(12)19-15-8-6-5-7-14(15)18/h9-11,14-15,19H,5-8,18H2,1-4H3. The van der Waals surface area contributed by atoms with Gasteiger partial charge in [0, 0.05) is 17.8 Å². The fourth-order valence-corrected chi connectivity index (χ4v) is 2.78. The van der Waals surface area contributed by atoms with Crippen LogP contribution in [-0.2, 0) is 5.41 Å². The Balaban J connectivity index is 2.19. The molecule has 1 saturated carbocycles. The molecule has 106 valence electrons. The van der Waals surface area contributed by atoms with Gasteiger partial charge in [-0.15, -0.1) is 0 Å². The summed E-state index contributed by atoms with van der Waals surface area (Å²) >= 11 is 0. The van der Waals surface area contributed by atoms with E-state index in [1.165, 1.54) is 36.1 Å². The van der Waals surface area contributed by atoms with Crippen LogP contribution in [0.1, 0.15) is 57.6 Å². The van der Waals surface area contributed by atoms with Crippen molar-refractivity contribution in [3.05, 3.63) is 29.3 Å². The summed E-state index contributed by atoms with van der Waals surface area (Å²) in [6.45, 7) is 8.94. The molecule has 2 unspecified atom stereocenters. The van der Waals surface area contributed by atoms with Crippen LogP contribution < -0.4 is 11.1 Å². The lowest BCUT2D eigenvalue weighted by Crippen LogP contribution is -2.42. The van der Waals surface area contributed by atoms with Gasteiger partial charge in [0.15, 0.2) is 0 Å². The number of benzene rings is 1. The average Bonchev–Trinajstić information content (AvgIpc) is 2.33. The molecule has 19 heavy (non-hydrogen) atoms. The fraction of sp³-hybridized carbons (Fsp3) is 0.647. The third-order valence-electron chi connectivity index (χ3n) is 4.26. The number of hydrogen-bond acceptors (Lipinski definition) is 2. The van der Waals surface area contributed by atoms with Gasteiger partial charge in [-0.3, -0.25) is 0 Å². The molecular weight excluding hydrogens is 232 g/mol. The summed E-state index contributed by atoms with van der Waals surface area (Å²) in [4.78, 5) is 0. The maximum atomic E-state index is 6.24. The Morgan fingerprint density at radius 3 is 2.47 bits per heavy atom. The Labute approximate surface area is 117 Å². The number of anilines is 1. The van der Waals surface area contributed by atoms with Crippen molar-refractivity contribution in [1.82, 2.24) is 0 Å². The summed E-state index contributed by atoms with van der Waals surface area (Å²) in [5, 5.41) is 3.69. The van der Waals surface area contributed by atoms with E-state index < -0.39 is 0 Å². The van der Waals surface area contributed by atoms with E-state index in [0.717, 1.165) is 6.42 Å². The Morgan fingerprint density at radius 1 is 1.16 bits per heavy atom. The number of nitrogens with two attached hydrogens (primary N) is 1. The minimum atomic E-state index is 0.193. The van der Waals surface area contributed by atoms with Gasteiger partial charge in [0.2, 0.25) is 0 Å². The molecule has 0 amide bonds. The highest BCUT2D eigenvalue weighted by Gasteiger charge is 2.22. The SMILES string of the molecule is Cc1ccc(C(C)(C)C)cc1NC1CCCCC1N. The van der Waals surface area contributed by atoms with Gasteiger partial charge in [-0.05, 0) is 42.4 Å². The maximum Gasteiger partial charge on any atom is 0.0412 e. The van der Waals surface area contributed by atoms with E-state index in [0.29, 0.717) is 12.1 Å². The highest BCUT2D eigenvalue weighted by atomic mass is 15.0. The van der Waals surface area contributed by atoms with Crippen LogP contribution in [0.4, 0.5) is 5.69 Å². The molecule has 1 aliphatic carbocycles. The number of rotatable bonds is 2. The van der Waals surface area contributed by atoms with Crippen LogP contribution >= 0.6 is 0 Å². The van der Waals surface area contributed by atoms with Crippen molar-refractivity contribution in [2.24, 2.45) is 5.73 Å². The molecule has 0 aromatic heterocycles. The third kappa shape index (κ3) is 3.50. The minimum absolute atomic E-state index is 0.193. The summed E-state index contributed by atoms with van der Waals surface area (Å²) in [6, 6.07) is 7.49. The monoisotopic (exact) mass is 260 g/mol. The van der Waals surface area contributed by atoms with Crippen LogP contribution in [0.25, 0.3) is 0 Å². The Morgan fingerprint density at radius 2 is 1.84 bits per heavy atom. The Hall–Kier alpha value is -1.02. The van der Waals surface area contributed by atoms with Crippen molar-refractivity contribution >= 4 is 5.69 Å². The molecule has 0 radical (unpaired) electrons. The second kappa shape index (κ2) is 5.54. The molecule has 0 aliphatic heterocycles. The summed E-state index contributed by atoms with van der Waals surface area (Å²) in [7, 11) is 0. The van der Waals surface area contributed by atoms with Gasteiger partial charge in [0.1, 0.15) is 0 Å². The van der Waals surface area contributed by atoms with Crippen molar-refractivity contribution in [2.75, 3.05) is 5.32 Å². The summed E-state index contributed by atoms with van der Waals surface area (Å²) in [6.07, 6.45) is 4.92. The minimum Gasteiger partial charge on any atom is -0.381 e. The molecule has 1 aliphatic rings. The smallest absolute Gasteiger partial charge is 0.0412 e. The number of nitrogens with one attached hydrogen (secondary N) is 1. The van der Waals surface area contributed by atoms with E-state index in [1.54, 1.807) is 0 Å². The van der Waals surface area contributed by atoms with Crippen LogP contribution in [0.5, 0.6) is 0 Å². The van der Waals surface area contributed by atoms with Crippen LogP contribution in [-0.4, -0.2) is 12.1 Å². The lowest BCUT2D eigenvalue weighted by Gasteiger charge is -2.31. The predicted octanol–water partition coefficient (Wildman–Crippen LogP) is 3.97. The first kappa shape index (κ1) is 14.4. The normalized spacial score (nSPS) is 24.3. The van der Waals surface area contributed by atoms with Crippen molar-refractivity contribution in [3.63, 3.8) is 0 Å². The largest absolute Gasteiger partial charge is 0.381 e. The molecule has 0 saturated heterocycles. The molecule has 1 aromatic rings. The molecular formula is C17H28N2. The van der Waals surface area contributed by atoms with Gasteiger partial charge in [0.25, 0.3) is 0 Å². The lowest BCUT2D eigenvalue weighted by atomic mass is 9.85. The second-order valence-electron chi connectivity index (χ2n) is 6.98. The molecule has 2 rings (SSSR count). The van der Waals surface area contributed by atoms with E-state index in [2.05, 4.69) is 51.2 Å². The zero-order valence-corrected chi connectivity index (χ0v) is 12.8. The number of hydrogen-bond donors (Lipinski definition) is 2. The van der Waals surface area contributed by atoms with Crippen LogP contribution in [0.2, 0.25) is 0 Å². The first-order valence-corrected chi connectivity index (χ1v) is 7.51. The molecule has 3 N–H and O–H groups in total. The second-order valence-corrected chi connectivity index (χ2v) is 6.98. The van der Waals surface area contributed by atoms with Crippen LogP contribution in [0.3, 0.4) is 0 Å². The van der Waals surface area contributed by atoms with Gasteiger partial charge >= 0.3 is 0 Å². The molecule has 0 spiro atoms. The highest BCUT2D eigenvalue weighted by molar-refractivity contribution is 5.54. The van der Waals surface area contributed by atoms with Crippen LogP contribution in [0.15, 0.2) is 18.2 Å². The van der Waals surface area contributed by atoms with E-state index in [1.807, 2.05) is 0 Å². The lowest BCUT2D eigenvalue weighted by molar-refractivity contribution is 0.404. The molecule has 0 heterocycles. The van der Waals surface area contributed by atoms with E-state index in [9.17, 15) is 0 Å². The van der Waals surface area contributed by atoms with Gasteiger partial charge in [-0.25, -0.2) is 0 Å². The molecule has 1 fully saturated rings. The van der Waals surface area contributed by atoms with Gasteiger partial charge < -0.3 is 11.1 Å². The molecule has 2 atom stereocenters. The zero-order chi connectivity index (χ0) is 14.0. The summed E-state index contributed by atoms with van der Waals surface area (Å²) < 4.78 is 0. The van der Waals surface area contributed by atoms with Crippen molar-refractivity contribution in [1.29, 1.82) is 0 Å². The van der Waals surface area contributed by atoms with E-state index in [-0.39, 0.29) is 5.41 Å². The topological polar surface area (TPSA) is 38.0 Å². The van der Waals surface area contributed by atoms with Crippen molar-refractivity contribution < 1.29 is 0 Å². The molecule has 2 nitrogen and oxygen atoms in total. The van der Waals surface area contributed by atoms with Gasteiger partial charge in [-0.2, -0.15) is 0 Å². The first-order valence-electron chi connectivity index (χ1n) is 7.51. The van der Waals surface area contributed by atoms with Crippen LogP contribution in [0, 0.1) is 6.92 Å². The summed E-state index contributed by atoms with van der Waals surface area (Å²) in [5.41, 5.74) is 10.4. The van der Waals surface area contributed by atoms with E-state index >= 15 is 0 Å². The molecule has 2 heteroatoms. The van der Waals surface area contributed by atoms with Crippen molar-refractivity contribution in [2.45, 2.75) is 70.9 Å². The van der Waals surface area contributed by atoms with Gasteiger partial charge in [0.05, 0.1) is 0 Å². The predicted molar refractivity (Wildman–Crippen MR) is 83.7 cm³/mol. The summed E-state index contributed by atoms with van der Waals surface area (Å²) in [5.74, 6) is 0. The Bertz CT molecular complexity index is 431. The first-order chi connectivity index (χ1) is 8.88. The fourth-order valence-electron chi connectivity index (χ4n) is 2.78. The Kier molecular flexibility index (Phi) is 4.19. The number of aryl methyl sites for hydroxylation is 1. The molecule has 1 aromatic carbocycles. The third-order valence-corrected chi connectivity index (χ3v) is 4.26. The average molecular weight is 260 g/mol. The maximum absolute atomic E-state index is 6.24. The zero-order valence-electron chi connectivity index (χ0n) is 12.8. The van der Waals surface area contributed by atoms with E-state index in [4.69, 9.17) is 5.73 Å². The molecule has 0 bridgehead atoms. The highest BCUT2D eigenvalue weighted by Crippen LogP contribution is 2.29.